The summed E-state index contributed by atoms with van der Waals surface area (Å²) in [6.07, 6.45) is 6.63. The first-order valence-corrected chi connectivity index (χ1v) is 13.4. The van der Waals surface area contributed by atoms with Crippen molar-refractivity contribution in [2.75, 3.05) is 10.6 Å². The van der Waals surface area contributed by atoms with Crippen LogP contribution in [0.15, 0.2) is 73.2 Å². The Hall–Kier alpha value is -4.44. The lowest BCUT2D eigenvalue weighted by atomic mass is 10.1. The monoisotopic (exact) mass is 528 g/mol. The molecule has 2 aromatic carbocycles. The molecule has 3 N–H and O–H groups in total. The Balaban J connectivity index is 1.50. The molecule has 0 fully saturated rings. The number of aryl methyl sites for hydroxylation is 1. The van der Waals surface area contributed by atoms with E-state index >= 15 is 0 Å². The molecule has 0 bridgehead atoms. The first-order valence-electron chi connectivity index (χ1n) is 12.1. The highest BCUT2D eigenvalue weighted by molar-refractivity contribution is 7.71. The molecule has 0 spiro atoms. The van der Waals surface area contributed by atoms with E-state index in [1.54, 1.807) is 61.1 Å². The standard InChI is InChI=1S/C28H28N6O3S/c1-3-4-24(29)21-13-22(16-30-15-21)25-11-12-31-28(33-25)34-26-14-23(10-5-18(26)2)32-27(35)20-8-6-19(7-9-20)17-38(36)37/h5-16,29,38H,3-4,17H2,1-2H3,(H,32,35)(H,31,33,34). The first kappa shape index (κ1) is 26.6. The largest absolute Gasteiger partial charge is 0.324 e. The highest BCUT2D eigenvalue weighted by Gasteiger charge is 2.11. The fraction of sp³-hybridized carbons (Fsp3) is 0.179. The summed E-state index contributed by atoms with van der Waals surface area (Å²) >= 11 is 0. The summed E-state index contributed by atoms with van der Waals surface area (Å²) in [4.78, 5) is 26.0. The summed E-state index contributed by atoms with van der Waals surface area (Å²) in [5.41, 5.74) is 6.07. The minimum atomic E-state index is -2.52. The number of anilines is 3. The molecule has 194 valence electrons. The molecule has 0 atom stereocenters. The second kappa shape index (κ2) is 12.2. The maximum Gasteiger partial charge on any atom is 0.255 e. The molecule has 9 nitrogen and oxygen atoms in total. The number of nitrogens with zero attached hydrogens (tertiary/aromatic N) is 3. The minimum Gasteiger partial charge on any atom is -0.324 e. The van der Waals surface area contributed by atoms with Gasteiger partial charge in [0.25, 0.3) is 5.91 Å². The zero-order valence-corrected chi connectivity index (χ0v) is 22.0. The molecular weight excluding hydrogens is 500 g/mol. The third-order valence-electron chi connectivity index (χ3n) is 5.81. The molecule has 0 saturated heterocycles. The Bertz CT molecular complexity index is 1540. The zero-order chi connectivity index (χ0) is 27.1. The molecule has 38 heavy (non-hydrogen) atoms. The topological polar surface area (TPSA) is 138 Å². The van der Waals surface area contributed by atoms with Crippen LogP contribution in [0.5, 0.6) is 0 Å². The van der Waals surface area contributed by atoms with Gasteiger partial charge in [-0.05, 0) is 60.9 Å². The van der Waals surface area contributed by atoms with Crippen LogP contribution >= 0.6 is 0 Å². The molecule has 4 aromatic rings. The summed E-state index contributed by atoms with van der Waals surface area (Å²) in [5, 5.41) is 14.3. The number of carbonyl (C=O) groups excluding carboxylic acids is 1. The van der Waals surface area contributed by atoms with E-state index < -0.39 is 10.7 Å². The number of carbonyl (C=O) groups is 1. The number of thiol groups is 1. The maximum absolute atomic E-state index is 12.7. The van der Waals surface area contributed by atoms with Crippen LogP contribution in [-0.2, 0) is 16.5 Å². The number of aromatic nitrogens is 3. The Kier molecular flexibility index (Phi) is 8.55. The van der Waals surface area contributed by atoms with Gasteiger partial charge in [-0.25, -0.2) is 18.4 Å². The molecule has 0 radical (unpaired) electrons. The maximum atomic E-state index is 12.7. The Morgan fingerprint density at radius 1 is 1.00 bits per heavy atom. The van der Waals surface area contributed by atoms with E-state index in [-0.39, 0.29) is 11.7 Å². The normalized spacial score (nSPS) is 10.8. The quantitative estimate of drug-likeness (QED) is 0.165. The van der Waals surface area contributed by atoms with Crippen LogP contribution in [0.4, 0.5) is 17.3 Å². The van der Waals surface area contributed by atoms with Gasteiger partial charge < -0.3 is 16.0 Å². The average Bonchev–Trinajstić information content (AvgIpc) is 2.91. The van der Waals surface area contributed by atoms with Gasteiger partial charge in [-0.15, -0.1) is 0 Å². The molecule has 10 heteroatoms. The first-order chi connectivity index (χ1) is 18.3. The lowest BCUT2D eigenvalue weighted by Crippen LogP contribution is -2.12. The summed E-state index contributed by atoms with van der Waals surface area (Å²) < 4.78 is 21.8. The van der Waals surface area contributed by atoms with E-state index in [0.717, 1.165) is 28.8 Å². The van der Waals surface area contributed by atoms with Gasteiger partial charge in [0, 0.05) is 52.4 Å². The zero-order valence-electron chi connectivity index (χ0n) is 21.1. The Morgan fingerprint density at radius 3 is 2.53 bits per heavy atom. The van der Waals surface area contributed by atoms with Crippen LogP contribution in [0.1, 0.15) is 46.8 Å². The number of rotatable bonds is 10. The summed E-state index contributed by atoms with van der Waals surface area (Å²) in [5.74, 6) is 0.0189. The van der Waals surface area contributed by atoms with Crippen molar-refractivity contribution in [2.24, 2.45) is 0 Å². The van der Waals surface area contributed by atoms with Crippen molar-refractivity contribution in [3.63, 3.8) is 0 Å². The van der Waals surface area contributed by atoms with E-state index in [1.165, 1.54) is 0 Å². The molecule has 0 aliphatic rings. The predicted octanol–water partition coefficient (Wildman–Crippen LogP) is 5.12. The molecule has 0 unspecified atom stereocenters. The molecule has 0 aliphatic carbocycles. The van der Waals surface area contributed by atoms with Crippen LogP contribution in [0, 0.1) is 12.3 Å². The Labute approximate surface area is 222 Å². The van der Waals surface area contributed by atoms with E-state index in [2.05, 4.69) is 25.6 Å². The molecule has 0 aliphatic heterocycles. The van der Waals surface area contributed by atoms with Crippen molar-refractivity contribution < 1.29 is 13.2 Å². The smallest absolute Gasteiger partial charge is 0.255 e. The van der Waals surface area contributed by atoms with Gasteiger partial charge in [0.2, 0.25) is 5.95 Å². The van der Waals surface area contributed by atoms with Crippen LogP contribution in [0.2, 0.25) is 0 Å². The van der Waals surface area contributed by atoms with Crippen LogP contribution < -0.4 is 10.6 Å². The molecular formula is C28H28N6O3S. The van der Waals surface area contributed by atoms with Gasteiger partial charge in [0.05, 0.1) is 11.4 Å². The second-order valence-electron chi connectivity index (χ2n) is 8.75. The van der Waals surface area contributed by atoms with E-state index in [4.69, 9.17) is 5.41 Å². The highest BCUT2D eigenvalue weighted by Crippen LogP contribution is 2.25. The number of nitrogens with one attached hydrogen (secondary N) is 3. The lowest BCUT2D eigenvalue weighted by Gasteiger charge is -2.12. The molecule has 4 rings (SSSR count). The molecule has 2 heterocycles. The van der Waals surface area contributed by atoms with Gasteiger partial charge in [0.15, 0.2) is 0 Å². The molecule has 0 saturated carbocycles. The summed E-state index contributed by atoms with van der Waals surface area (Å²) in [7, 11) is -2.52. The van der Waals surface area contributed by atoms with Crippen molar-refractivity contribution in [3.05, 3.63) is 95.4 Å². The van der Waals surface area contributed by atoms with E-state index in [1.807, 2.05) is 26.0 Å². The lowest BCUT2D eigenvalue weighted by molar-refractivity contribution is 0.102. The third kappa shape index (κ3) is 6.86. The number of hydrogen-bond acceptors (Lipinski definition) is 8. The molecule has 1 amide bonds. The van der Waals surface area contributed by atoms with Gasteiger partial charge in [0.1, 0.15) is 10.7 Å². The van der Waals surface area contributed by atoms with Crippen LogP contribution in [0.25, 0.3) is 11.3 Å². The van der Waals surface area contributed by atoms with Crippen molar-refractivity contribution in [3.8, 4) is 11.3 Å². The van der Waals surface area contributed by atoms with Crippen molar-refractivity contribution in [1.82, 2.24) is 15.0 Å². The fourth-order valence-corrected chi connectivity index (χ4v) is 4.30. The highest BCUT2D eigenvalue weighted by atomic mass is 32.2. The van der Waals surface area contributed by atoms with Gasteiger partial charge in [-0.1, -0.05) is 31.5 Å². The van der Waals surface area contributed by atoms with E-state index in [9.17, 15) is 13.2 Å². The Morgan fingerprint density at radius 2 is 1.79 bits per heavy atom. The predicted molar refractivity (Wildman–Crippen MR) is 150 cm³/mol. The van der Waals surface area contributed by atoms with Crippen molar-refractivity contribution >= 4 is 39.6 Å². The average molecular weight is 529 g/mol. The third-order valence-corrected chi connectivity index (χ3v) is 6.43. The van der Waals surface area contributed by atoms with Gasteiger partial charge in [-0.3, -0.25) is 9.78 Å². The number of amides is 1. The van der Waals surface area contributed by atoms with Gasteiger partial charge >= 0.3 is 0 Å². The SMILES string of the molecule is CCCC(=N)c1cncc(-c2ccnc(Nc3cc(NC(=O)c4ccc(C[SH](=O)=O)cc4)ccc3C)n2)c1. The number of hydrogen-bond donors (Lipinski definition) is 4. The fourth-order valence-electron chi connectivity index (χ4n) is 3.79. The summed E-state index contributed by atoms with van der Waals surface area (Å²) in [6.45, 7) is 3.97. The second-order valence-corrected chi connectivity index (χ2v) is 9.73. The number of pyridine rings is 1. The van der Waals surface area contributed by atoms with Crippen LogP contribution in [-0.4, -0.2) is 35.0 Å². The van der Waals surface area contributed by atoms with E-state index in [0.29, 0.717) is 40.6 Å². The van der Waals surface area contributed by atoms with Gasteiger partial charge in [-0.2, -0.15) is 0 Å². The minimum absolute atomic E-state index is 0.0575. The van der Waals surface area contributed by atoms with Crippen molar-refractivity contribution in [2.45, 2.75) is 32.4 Å². The summed E-state index contributed by atoms with van der Waals surface area (Å²) in [6, 6.07) is 15.6. The number of benzene rings is 2. The van der Waals surface area contributed by atoms with Crippen LogP contribution in [0.3, 0.4) is 0 Å². The molecule has 2 aromatic heterocycles. The van der Waals surface area contributed by atoms with Crippen molar-refractivity contribution in [1.29, 1.82) is 5.41 Å².